The number of likely N-dealkylation sites (tertiary alicyclic amines) is 1. The number of likely N-dealkylation sites (N-methyl/N-ethyl adjacent to an activating group) is 2. The average Bonchev–Trinajstić information content (AvgIpc) is 3.43. The Balaban J connectivity index is 1.04. The molecule has 1 saturated heterocycles. The zero-order chi connectivity index (χ0) is 33.9. The Morgan fingerprint density at radius 2 is 1.31 bits per heavy atom. The Labute approximate surface area is 282 Å². The van der Waals surface area contributed by atoms with Crippen LogP contribution in [-0.2, 0) is 9.53 Å². The first-order chi connectivity index (χ1) is 23.1. The van der Waals surface area contributed by atoms with Crippen molar-refractivity contribution in [2.45, 2.75) is 44.7 Å². The van der Waals surface area contributed by atoms with E-state index in [0.717, 1.165) is 33.4 Å². The Morgan fingerprint density at radius 3 is 1.85 bits per heavy atom. The summed E-state index contributed by atoms with van der Waals surface area (Å²) in [5.74, 6) is -0.138. The Morgan fingerprint density at radius 1 is 0.792 bits per heavy atom. The molecule has 6 rings (SSSR count). The first-order valence-electron chi connectivity index (χ1n) is 16.7. The van der Waals surface area contributed by atoms with Gasteiger partial charge in [0.2, 0.25) is 5.91 Å². The SMILES string of the molecule is CC(C)[C@@H](C(=O)N(C)C1CCN(C(=O)c2ccc(-c3ccc(O)cc3)cc2)CC1)N(C)C(=O)OCC1c2ccccc2-c2ccccc21. The maximum absolute atomic E-state index is 13.9. The van der Waals surface area contributed by atoms with E-state index < -0.39 is 12.1 Å². The van der Waals surface area contributed by atoms with E-state index in [-0.39, 0.29) is 42.0 Å². The number of carbonyl (C=O) groups is 3. The molecule has 0 saturated carbocycles. The van der Waals surface area contributed by atoms with Gasteiger partial charge in [0.15, 0.2) is 0 Å². The van der Waals surface area contributed by atoms with Crippen molar-refractivity contribution in [3.8, 4) is 28.0 Å². The van der Waals surface area contributed by atoms with Gasteiger partial charge in [0.05, 0.1) is 0 Å². The van der Waals surface area contributed by atoms with E-state index in [1.165, 1.54) is 4.90 Å². The number of aromatic hydroxyl groups is 1. The summed E-state index contributed by atoms with van der Waals surface area (Å²) in [5.41, 5.74) is 7.15. The van der Waals surface area contributed by atoms with Crippen molar-refractivity contribution in [3.05, 3.63) is 114 Å². The number of phenolic OH excluding ortho intramolecular Hbond substituents is 1. The summed E-state index contributed by atoms with van der Waals surface area (Å²) < 4.78 is 5.89. The van der Waals surface area contributed by atoms with Gasteiger partial charge in [-0.2, -0.15) is 0 Å². The highest BCUT2D eigenvalue weighted by Gasteiger charge is 2.37. The summed E-state index contributed by atoms with van der Waals surface area (Å²) >= 11 is 0. The van der Waals surface area contributed by atoms with Gasteiger partial charge in [0.1, 0.15) is 18.4 Å². The fraction of sp³-hybridized carbons (Fsp3) is 0.325. The lowest BCUT2D eigenvalue weighted by molar-refractivity contribution is -0.139. The first-order valence-corrected chi connectivity index (χ1v) is 16.7. The number of amides is 3. The van der Waals surface area contributed by atoms with Gasteiger partial charge in [-0.1, -0.05) is 86.6 Å². The summed E-state index contributed by atoms with van der Waals surface area (Å²) in [6.07, 6.45) is 0.784. The normalized spacial score (nSPS) is 15.1. The van der Waals surface area contributed by atoms with Crippen molar-refractivity contribution in [2.24, 2.45) is 5.92 Å². The monoisotopic (exact) mass is 645 g/mol. The average molecular weight is 646 g/mol. The molecule has 0 bridgehead atoms. The van der Waals surface area contributed by atoms with Gasteiger partial charge in [0, 0.05) is 44.7 Å². The van der Waals surface area contributed by atoms with Crippen LogP contribution in [0.25, 0.3) is 22.3 Å². The van der Waals surface area contributed by atoms with E-state index in [0.29, 0.717) is 31.5 Å². The molecule has 0 aromatic heterocycles. The van der Waals surface area contributed by atoms with Crippen molar-refractivity contribution in [1.29, 1.82) is 0 Å². The Bertz CT molecular complexity index is 1730. The molecular weight excluding hydrogens is 602 g/mol. The van der Waals surface area contributed by atoms with Gasteiger partial charge in [-0.05, 0) is 76.4 Å². The fourth-order valence-corrected chi connectivity index (χ4v) is 7.19. The molecule has 4 aromatic carbocycles. The zero-order valence-corrected chi connectivity index (χ0v) is 28.0. The fourth-order valence-electron chi connectivity index (χ4n) is 7.19. The number of benzene rings is 4. The van der Waals surface area contributed by atoms with Crippen LogP contribution in [0.15, 0.2) is 97.1 Å². The van der Waals surface area contributed by atoms with E-state index in [1.807, 2.05) is 79.4 Å². The maximum Gasteiger partial charge on any atom is 0.410 e. The third kappa shape index (κ3) is 6.52. The second kappa shape index (κ2) is 13.9. The Hall–Kier alpha value is -5.11. The van der Waals surface area contributed by atoms with Gasteiger partial charge >= 0.3 is 6.09 Å². The van der Waals surface area contributed by atoms with Crippen LogP contribution < -0.4 is 0 Å². The lowest BCUT2D eigenvalue weighted by Crippen LogP contribution is -2.55. The summed E-state index contributed by atoms with van der Waals surface area (Å²) in [5, 5.41) is 9.56. The van der Waals surface area contributed by atoms with Gasteiger partial charge in [0.25, 0.3) is 5.91 Å². The molecule has 1 N–H and O–H groups in total. The topological polar surface area (TPSA) is 90.4 Å². The minimum absolute atomic E-state index is 0.0327. The molecule has 0 spiro atoms. The van der Waals surface area contributed by atoms with Gasteiger partial charge < -0.3 is 19.6 Å². The summed E-state index contributed by atoms with van der Waals surface area (Å²) in [6.45, 7) is 5.15. The highest BCUT2D eigenvalue weighted by Crippen LogP contribution is 2.44. The van der Waals surface area contributed by atoms with Crippen LogP contribution in [0.3, 0.4) is 0 Å². The molecule has 0 radical (unpaired) electrons. The molecule has 1 aliphatic carbocycles. The summed E-state index contributed by atoms with van der Waals surface area (Å²) in [4.78, 5) is 45.7. The molecule has 1 atom stereocenters. The number of rotatable bonds is 8. The lowest BCUT2D eigenvalue weighted by atomic mass is 9.97. The van der Waals surface area contributed by atoms with Gasteiger partial charge in [-0.25, -0.2) is 4.79 Å². The van der Waals surface area contributed by atoms with Crippen LogP contribution in [0.2, 0.25) is 0 Å². The number of fused-ring (bicyclic) bond motifs is 3. The predicted octanol–water partition coefficient (Wildman–Crippen LogP) is 7.03. The second-order valence-electron chi connectivity index (χ2n) is 13.2. The first kappa shape index (κ1) is 32.8. The molecular formula is C40H43N3O5. The highest BCUT2D eigenvalue weighted by atomic mass is 16.6. The van der Waals surface area contributed by atoms with E-state index >= 15 is 0 Å². The van der Waals surface area contributed by atoms with E-state index in [2.05, 4.69) is 24.3 Å². The van der Waals surface area contributed by atoms with Crippen molar-refractivity contribution in [2.75, 3.05) is 33.8 Å². The number of hydrogen-bond acceptors (Lipinski definition) is 5. The maximum atomic E-state index is 13.9. The number of piperidine rings is 1. The standard InChI is InChI=1S/C40H43N3O5/c1-26(2)37(42(4)40(47)48-25-36-34-11-7-5-9-32(34)33-10-6-8-12-35(33)36)39(46)41(3)30-21-23-43(24-22-30)38(45)29-15-13-27(14-16-29)28-17-19-31(44)20-18-28/h5-20,26,30,36-37,44H,21-25H2,1-4H3/t37-/m0/s1. The smallest absolute Gasteiger partial charge is 0.410 e. The quantitative estimate of drug-likeness (QED) is 0.222. The van der Waals surface area contributed by atoms with E-state index in [9.17, 15) is 19.5 Å². The third-order valence-corrected chi connectivity index (χ3v) is 9.91. The van der Waals surface area contributed by atoms with Crippen LogP contribution in [-0.4, -0.2) is 83.6 Å². The van der Waals surface area contributed by atoms with Crippen molar-refractivity contribution >= 4 is 17.9 Å². The molecule has 3 amide bonds. The number of phenols is 1. The molecule has 1 heterocycles. The number of nitrogens with zero attached hydrogens (tertiary/aromatic N) is 3. The minimum atomic E-state index is -0.683. The molecule has 0 unspecified atom stereocenters. The summed E-state index contributed by atoms with van der Waals surface area (Å²) in [7, 11) is 3.44. The van der Waals surface area contributed by atoms with Crippen molar-refractivity contribution in [1.82, 2.24) is 14.7 Å². The van der Waals surface area contributed by atoms with E-state index in [1.54, 1.807) is 31.1 Å². The second-order valence-corrected chi connectivity index (χ2v) is 13.2. The Kier molecular flexibility index (Phi) is 9.53. The molecule has 1 fully saturated rings. The zero-order valence-electron chi connectivity index (χ0n) is 28.0. The number of ether oxygens (including phenoxy) is 1. The molecule has 2 aliphatic rings. The van der Waals surface area contributed by atoms with E-state index in [4.69, 9.17) is 4.74 Å². The van der Waals surface area contributed by atoms with Crippen LogP contribution in [0.5, 0.6) is 5.75 Å². The molecule has 4 aromatic rings. The van der Waals surface area contributed by atoms with Crippen LogP contribution >= 0.6 is 0 Å². The van der Waals surface area contributed by atoms with Crippen molar-refractivity contribution < 1.29 is 24.2 Å². The molecule has 8 heteroatoms. The van der Waals surface area contributed by atoms with Crippen LogP contribution in [0.1, 0.15) is 54.1 Å². The molecule has 1 aliphatic heterocycles. The largest absolute Gasteiger partial charge is 0.508 e. The number of hydrogen-bond donors (Lipinski definition) is 1. The molecule has 248 valence electrons. The van der Waals surface area contributed by atoms with Gasteiger partial charge in [-0.15, -0.1) is 0 Å². The van der Waals surface area contributed by atoms with Crippen LogP contribution in [0, 0.1) is 5.92 Å². The lowest BCUT2D eigenvalue weighted by Gasteiger charge is -2.40. The van der Waals surface area contributed by atoms with Gasteiger partial charge in [-0.3, -0.25) is 14.5 Å². The van der Waals surface area contributed by atoms with Crippen molar-refractivity contribution in [3.63, 3.8) is 0 Å². The summed E-state index contributed by atoms with van der Waals surface area (Å²) in [6, 6.07) is 30.2. The molecule has 48 heavy (non-hydrogen) atoms. The molecule has 8 nitrogen and oxygen atoms in total. The third-order valence-electron chi connectivity index (χ3n) is 9.91. The highest BCUT2D eigenvalue weighted by molar-refractivity contribution is 5.95. The predicted molar refractivity (Wildman–Crippen MR) is 187 cm³/mol. The minimum Gasteiger partial charge on any atom is -0.508 e. The van der Waals surface area contributed by atoms with Crippen LogP contribution in [0.4, 0.5) is 4.79 Å². The number of carbonyl (C=O) groups excluding carboxylic acids is 3.